The van der Waals surface area contributed by atoms with Crippen molar-refractivity contribution in [2.45, 2.75) is 25.0 Å². The lowest BCUT2D eigenvalue weighted by Crippen LogP contribution is -2.40. The van der Waals surface area contributed by atoms with E-state index < -0.39 is 15.3 Å². The standard InChI is InChI=1S/C9H14N2O2S/c1-8-3-5-11(6-4-8)14(12,13)9(2)7-10/h9H,1,3-6H2,2H3. The van der Waals surface area contributed by atoms with Crippen LogP contribution in [0.3, 0.4) is 0 Å². The average molecular weight is 214 g/mol. The summed E-state index contributed by atoms with van der Waals surface area (Å²) in [6.07, 6.45) is 1.41. The second-order valence-electron chi connectivity index (χ2n) is 3.47. The Bertz CT molecular complexity index is 357. The summed E-state index contributed by atoms with van der Waals surface area (Å²) in [6, 6.07) is 1.76. The molecule has 1 aliphatic heterocycles. The molecule has 0 saturated carbocycles. The molecule has 1 fully saturated rings. The molecule has 5 heteroatoms. The topological polar surface area (TPSA) is 61.2 Å². The van der Waals surface area contributed by atoms with E-state index in [-0.39, 0.29) is 0 Å². The number of nitrogens with zero attached hydrogens (tertiary/aromatic N) is 2. The Balaban J connectivity index is 2.76. The van der Waals surface area contributed by atoms with Gasteiger partial charge in [-0.2, -0.15) is 5.26 Å². The summed E-state index contributed by atoms with van der Waals surface area (Å²) in [4.78, 5) is 0. The van der Waals surface area contributed by atoms with E-state index in [1.54, 1.807) is 6.07 Å². The third kappa shape index (κ3) is 2.14. The summed E-state index contributed by atoms with van der Waals surface area (Å²) < 4.78 is 24.8. The number of hydrogen-bond donors (Lipinski definition) is 0. The molecule has 78 valence electrons. The van der Waals surface area contributed by atoms with Crippen LogP contribution < -0.4 is 0 Å². The molecule has 1 saturated heterocycles. The minimum atomic E-state index is -3.40. The summed E-state index contributed by atoms with van der Waals surface area (Å²) in [6.45, 7) is 6.16. The first-order valence-electron chi connectivity index (χ1n) is 4.53. The molecule has 14 heavy (non-hydrogen) atoms. The highest BCUT2D eigenvalue weighted by Gasteiger charge is 2.30. The molecule has 0 N–H and O–H groups in total. The Hall–Kier alpha value is -0.860. The van der Waals surface area contributed by atoms with Crippen LogP contribution in [0.2, 0.25) is 0 Å². The second kappa shape index (κ2) is 4.11. The molecule has 1 atom stereocenters. The van der Waals surface area contributed by atoms with Gasteiger partial charge in [0.25, 0.3) is 0 Å². The van der Waals surface area contributed by atoms with Crippen LogP contribution in [0.15, 0.2) is 12.2 Å². The monoisotopic (exact) mass is 214 g/mol. The van der Waals surface area contributed by atoms with Gasteiger partial charge >= 0.3 is 0 Å². The minimum absolute atomic E-state index is 0.465. The molecule has 1 heterocycles. The summed E-state index contributed by atoms with van der Waals surface area (Å²) in [5, 5.41) is 7.63. The third-order valence-corrected chi connectivity index (χ3v) is 4.50. The van der Waals surface area contributed by atoms with E-state index in [0.717, 1.165) is 5.57 Å². The predicted octanol–water partition coefficient (Wildman–Crippen LogP) is 0.880. The van der Waals surface area contributed by atoms with E-state index in [1.807, 2.05) is 0 Å². The molecule has 0 aromatic rings. The first kappa shape index (κ1) is 11.2. The van der Waals surface area contributed by atoms with Crippen molar-refractivity contribution < 1.29 is 8.42 Å². The maximum Gasteiger partial charge on any atom is 0.230 e. The van der Waals surface area contributed by atoms with Crippen LogP contribution in [0.25, 0.3) is 0 Å². The Labute approximate surface area is 84.9 Å². The third-order valence-electron chi connectivity index (χ3n) is 2.42. The molecule has 4 nitrogen and oxygen atoms in total. The van der Waals surface area contributed by atoms with Gasteiger partial charge in [0.1, 0.15) is 0 Å². The number of nitriles is 1. The van der Waals surface area contributed by atoms with Crippen molar-refractivity contribution in [1.82, 2.24) is 4.31 Å². The Morgan fingerprint density at radius 2 is 2.00 bits per heavy atom. The van der Waals surface area contributed by atoms with Gasteiger partial charge in [0.05, 0.1) is 6.07 Å². The summed E-state index contributed by atoms with van der Waals surface area (Å²) >= 11 is 0. The lowest BCUT2D eigenvalue weighted by molar-refractivity contribution is 0.385. The zero-order valence-corrected chi connectivity index (χ0v) is 9.05. The van der Waals surface area contributed by atoms with Crippen molar-refractivity contribution in [2.75, 3.05) is 13.1 Å². The SMILES string of the molecule is C=C1CCN(S(=O)(=O)C(C)C#N)CC1. The molecule has 0 radical (unpaired) electrons. The van der Waals surface area contributed by atoms with Crippen molar-refractivity contribution in [3.63, 3.8) is 0 Å². The van der Waals surface area contributed by atoms with E-state index >= 15 is 0 Å². The van der Waals surface area contributed by atoms with Crippen LogP contribution in [0.5, 0.6) is 0 Å². The van der Waals surface area contributed by atoms with Gasteiger partial charge < -0.3 is 0 Å². The van der Waals surface area contributed by atoms with E-state index in [9.17, 15) is 8.42 Å². The maximum atomic E-state index is 11.7. The summed E-state index contributed by atoms with van der Waals surface area (Å²) in [7, 11) is -3.40. The van der Waals surface area contributed by atoms with Gasteiger partial charge in [0, 0.05) is 13.1 Å². The predicted molar refractivity (Wildman–Crippen MR) is 53.9 cm³/mol. The van der Waals surface area contributed by atoms with Gasteiger partial charge in [-0.1, -0.05) is 12.2 Å². The van der Waals surface area contributed by atoms with E-state index in [2.05, 4.69) is 6.58 Å². The van der Waals surface area contributed by atoms with Gasteiger partial charge in [-0.3, -0.25) is 0 Å². The van der Waals surface area contributed by atoms with Crippen LogP contribution in [0.1, 0.15) is 19.8 Å². The van der Waals surface area contributed by atoms with E-state index in [1.165, 1.54) is 11.2 Å². The molecule has 0 aromatic carbocycles. The number of hydrogen-bond acceptors (Lipinski definition) is 3. The maximum absolute atomic E-state index is 11.7. The van der Waals surface area contributed by atoms with Crippen molar-refractivity contribution in [1.29, 1.82) is 5.26 Å². The Morgan fingerprint density at radius 1 is 1.50 bits per heavy atom. The van der Waals surface area contributed by atoms with Gasteiger partial charge in [-0.05, 0) is 19.8 Å². The molecule has 0 aliphatic carbocycles. The van der Waals surface area contributed by atoms with Crippen LogP contribution in [0.4, 0.5) is 0 Å². The first-order chi connectivity index (χ1) is 6.48. The van der Waals surface area contributed by atoms with Crippen LogP contribution in [0, 0.1) is 11.3 Å². The lowest BCUT2D eigenvalue weighted by Gasteiger charge is -2.27. The highest BCUT2D eigenvalue weighted by molar-refractivity contribution is 7.89. The molecule has 0 bridgehead atoms. The average Bonchev–Trinajstić information content (AvgIpc) is 2.17. The molecule has 0 spiro atoms. The van der Waals surface area contributed by atoms with E-state index in [4.69, 9.17) is 5.26 Å². The molecular formula is C9H14N2O2S. The normalized spacial score (nSPS) is 21.6. The highest BCUT2D eigenvalue weighted by atomic mass is 32.2. The van der Waals surface area contributed by atoms with Crippen molar-refractivity contribution in [2.24, 2.45) is 0 Å². The largest absolute Gasteiger partial charge is 0.230 e. The fraction of sp³-hybridized carbons (Fsp3) is 0.667. The number of piperidine rings is 1. The summed E-state index contributed by atoms with van der Waals surface area (Å²) in [5.74, 6) is 0. The number of rotatable bonds is 2. The van der Waals surface area contributed by atoms with Crippen molar-refractivity contribution in [3.8, 4) is 6.07 Å². The summed E-state index contributed by atoms with van der Waals surface area (Å²) in [5.41, 5.74) is 1.08. The lowest BCUT2D eigenvalue weighted by atomic mass is 10.1. The fourth-order valence-electron chi connectivity index (χ4n) is 1.35. The smallest absolute Gasteiger partial charge is 0.211 e. The van der Waals surface area contributed by atoms with Gasteiger partial charge in [0.2, 0.25) is 10.0 Å². The van der Waals surface area contributed by atoms with Gasteiger partial charge in [0.15, 0.2) is 5.25 Å². The Kier molecular flexibility index (Phi) is 3.29. The molecule has 0 amide bonds. The first-order valence-corrected chi connectivity index (χ1v) is 6.04. The number of sulfonamides is 1. The van der Waals surface area contributed by atoms with Gasteiger partial charge in [-0.25, -0.2) is 12.7 Å². The quantitative estimate of drug-likeness (QED) is 0.641. The van der Waals surface area contributed by atoms with Crippen molar-refractivity contribution >= 4 is 10.0 Å². The zero-order valence-electron chi connectivity index (χ0n) is 8.23. The molecule has 1 unspecified atom stereocenters. The zero-order chi connectivity index (χ0) is 10.8. The van der Waals surface area contributed by atoms with E-state index in [0.29, 0.717) is 25.9 Å². The minimum Gasteiger partial charge on any atom is -0.211 e. The van der Waals surface area contributed by atoms with Gasteiger partial charge in [-0.15, -0.1) is 0 Å². The van der Waals surface area contributed by atoms with Crippen LogP contribution in [-0.2, 0) is 10.0 Å². The van der Waals surface area contributed by atoms with Crippen molar-refractivity contribution in [3.05, 3.63) is 12.2 Å². The van der Waals surface area contributed by atoms with Crippen LogP contribution >= 0.6 is 0 Å². The van der Waals surface area contributed by atoms with Crippen LogP contribution in [-0.4, -0.2) is 31.1 Å². The Morgan fingerprint density at radius 3 is 2.43 bits per heavy atom. The highest BCUT2D eigenvalue weighted by Crippen LogP contribution is 2.19. The molecule has 1 aliphatic rings. The molecule has 1 rings (SSSR count). The molecule has 0 aromatic heterocycles. The fourth-order valence-corrected chi connectivity index (χ4v) is 2.62. The molecular weight excluding hydrogens is 200 g/mol. The second-order valence-corrected chi connectivity index (χ2v) is 5.72.